The molecule has 3 aromatic heterocycles. The summed E-state index contributed by atoms with van der Waals surface area (Å²) in [5.74, 6) is 3.44. The Morgan fingerprint density at radius 2 is 1.59 bits per heavy atom. The van der Waals surface area contributed by atoms with Crippen LogP contribution in [0.3, 0.4) is 0 Å². The number of aryl methyl sites for hydroxylation is 1. The van der Waals surface area contributed by atoms with E-state index in [1.54, 1.807) is 0 Å². The van der Waals surface area contributed by atoms with Gasteiger partial charge in [0.15, 0.2) is 0 Å². The van der Waals surface area contributed by atoms with Gasteiger partial charge in [0.05, 0.1) is 6.20 Å². The Labute approximate surface area is 304 Å². The molecule has 49 heavy (non-hydrogen) atoms. The van der Waals surface area contributed by atoms with E-state index in [0.29, 0.717) is 29.3 Å². The molecule has 0 N–H and O–H groups in total. The zero-order valence-corrected chi connectivity index (χ0v) is 31.5. The first-order chi connectivity index (χ1) is 23.2. The van der Waals surface area contributed by atoms with Crippen molar-refractivity contribution < 1.29 is 25.8 Å². The van der Waals surface area contributed by atoms with Crippen molar-refractivity contribution in [1.29, 1.82) is 0 Å². The molecular formula is C43H42N4OPt. The summed E-state index contributed by atoms with van der Waals surface area (Å²) in [6.07, 6.45) is 7.04. The normalized spacial score (nSPS) is 11.6. The maximum Gasteiger partial charge on any atom is 2.00 e. The number of hydrogen-bond donors (Lipinski definition) is 0. The summed E-state index contributed by atoms with van der Waals surface area (Å²) in [6.45, 7) is 15.8. The Balaban J connectivity index is 0.00000417. The van der Waals surface area contributed by atoms with Crippen molar-refractivity contribution in [2.24, 2.45) is 5.92 Å². The number of aromatic nitrogens is 4. The molecular weight excluding hydrogens is 784 g/mol. The van der Waals surface area contributed by atoms with Crippen LogP contribution in [-0.4, -0.2) is 19.3 Å². The summed E-state index contributed by atoms with van der Waals surface area (Å²) >= 11 is 0. The zero-order valence-electron chi connectivity index (χ0n) is 29.2. The third-order valence-electron chi connectivity index (χ3n) is 8.97. The fraction of sp³-hybridized carbons (Fsp3) is 0.256. The monoisotopic (exact) mass is 825 g/mol. The van der Waals surface area contributed by atoms with Crippen molar-refractivity contribution in [2.75, 3.05) is 0 Å². The van der Waals surface area contributed by atoms with Gasteiger partial charge in [-0.1, -0.05) is 77.4 Å². The minimum atomic E-state index is 0. The Morgan fingerprint density at radius 3 is 2.35 bits per heavy atom. The third kappa shape index (κ3) is 6.74. The van der Waals surface area contributed by atoms with Gasteiger partial charge in [0.2, 0.25) is 0 Å². The molecule has 3 heterocycles. The number of fused-ring (bicyclic) bond motifs is 3. The molecule has 7 aromatic rings. The molecule has 0 saturated heterocycles. The van der Waals surface area contributed by atoms with Crippen molar-refractivity contribution in [3.8, 4) is 34.1 Å². The summed E-state index contributed by atoms with van der Waals surface area (Å²) < 4.78 is 10.5. The average molecular weight is 826 g/mol. The zero-order chi connectivity index (χ0) is 33.5. The van der Waals surface area contributed by atoms with Gasteiger partial charge >= 0.3 is 21.1 Å². The number of nitrogens with zero attached hydrogens (tertiary/aromatic N) is 4. The third-order valence-corrected chi connectivity index (χ3v) is 8.97. The van der Waals surface area contributed by atoms with Crippen LogP contribution >= 0.6 is 0 Å². The summed E-state index contributed by atoms with van der Waals surface area (Å²) in [5, 5.41) is 7.08. The first kappa shape index (κ1) is 34.4. The largest absolute Gasteiger partial charge is 2.00 e. The van der Waals surface area contributed by atoms with Crippen LogP contribution in [0.25, 0.3) is 44.4 Å². The number of benzene rings is 4. The maximum absolute atomic E-state index is 6.42. The van der Waals surface area contributed by atoms with E-state index in [1.807, 2.05) is 47.4 Å². The molecule has 0 bridgehead atoms. The van der Waals surface area contributed by atoms with Crippen molar-refractivity contribution >= 4 is 21.8 Å². The molecule has 0 unspecified atom stereocenters. The topological polar surface area (TPSA) is 44.9 Å². The summed E-state index contributed by atoms with van der Waals surface area (Å²) in [6, 6.07) is 34.2. The molecule has 0 aliphatic heterocycles. The van der Waals surface area contributed by atoms with Gasteiger partial charge in [-0.25, -0.2) is 4.98 Å². The molecule has 0 aliphatic rings. The molecule has 0 fully saturated rings. The van der Waals surface area contributed by atoms with Crippen LogP contribution in [0.1, 0.15) is 75.6 Å². The van der Waals surface area contributed by atoms with Gasteiger partial charge in [0, 0.05) is 35.0 Å². The van der Waals surface area contributed by atoms with Crippen molar-refractivity contribution in [2.45, 2.75) is 66.7 Å². The van der Waals surface area contributed by atoms with Gasteiger partial charge in [-0.05, 0) is 88.2 Å². The van der Waals surface area contributed by atoms with Crippen LogP contribution in [0.5, 0.6) is 11.5 Å². The molecule has 0 atom stereocenters. The van der Waals surface area contributed by atoms with Gasteiger partial charge in [-0.2, -0.15) is 17.2 Å². The van der Waals surface area contributed by atoms with Gasteiger partial charge in [0.25, 0.3) is 0 Å². The average Bonchev–Trinajstić information content (AvgIpc) is 3.67. The number of ether oxygens (including phenoxy) is 1. The number of pyridine rings is 1. The molecule has 0 amide bonds. The summed E-state index contributed by atoms with van der Waals surface area (Å²) in [4.78, 5) is 4.70. The molecule has 6 heteroatoms. The van der Waals surface area contributed by atoms with E-state index in [4.69, 9.17) is 14.8 Å². The molecule has 0 radical (unpaired) electrons. The minimum Gasteiger partial charge on any atom is -0.509 e. The molecule has 5 nitrogen and oxygen atoms in total. The Bertz CT molecular complexity index is 2260. The van der Waals surface area contributed by atoms with Crippen LogP contribution < -0.4 is 4.74 Å². The quantitative estimate of drug-likeness (QED) is 0.136. The second-order valence-electron chi connectivity index (χ2n) is 13.8. The fourth-order valence-corrected chi connectivity index (χ4v) is 6.91. The van der Waals surface area contributed by atoms with Crippen LogP contribution in [0.2, 0.25) is 0 Å². The van der Waals surface area contributed by atoms with E-state index >= 15 is 0 Å². The van der Waals surface area contributed by atoms with E-state index in [-0.39, 0.29) is 21.1 Å². The number of rotatable bonds is 9. The Hall–Kier alpha value is -4.47. The predicted octanol–water partition coefficient (Wildman–Crippen LogP) is 11.2. The van der Waals surface area contributed by atoms with Crippen LogP contribution in [0.4, 0.5) is 0 Å². The van der Waals surface area contributed by atoms with Crippen LogP contribution in [-0.2, 0) is 27.5 Å². The number of para-hydroxylation sites is 1. The van der Waals surface area contributed by atoms with Gasteiger partial charge in [-0.15, -0.1) is 35.7 Å². The van der Waals surface area contributed by atoms with Crippen LogP contribution in [0.15, 0.2) is 97.5 Å². The van der Waals surface area contributed by atoms with Crippen molar-refractivity contribution in [1.82, 2.24) is 19.3 Å². The standard InChI is InChI=1S/C43H42N4O.Pt/c1-27(2)21-31-15-17-36(28(3)4)43(42(31)29(5)6)32-25-45-46(26-32)33-11-10-12-34(23-33)48-35-16-18-38-37-13-8-9-14-39(37)47(40(38)24-35)41-22-30(7)19-20-44-41;/h8-20,22,25-29H,21H2,1-7H3;/q-2;+2. The smallest absolute Gasteiger partial charge is 0.509 e. The Morgan fingerprint density at radius 1 is 0.796 bits per heavy atom. The van der Waals surface area contributed by atoms with Crippen LogP contribution in [0, 0.1) is 25.0 Å². The molecule has 0 spiro atoms. The van der Waals surface area contributed by atoms with Gasteiger partial charge in [-0.3, -0.25) is 4.68 Å². The second-order valence-corrected chi connectivity index (χ2v) is 13.8. The van der Waals surface area contributed by atoms with Crippen molar-refractivity contribution in [3.05, 3.63) is 132 Å². The first-order valence-electron chi connectivity index (χ1n) is 17.0. The molecule has 7 rings (SSSR count). The minimum absolute atomic E-state index is 0. The van der Waals surface area contributed by atoms with E-state index in [1.165, 1.54) is 22.3 Å². The Kier molecular flexibility index (Phi) is 9.95. The second kappa shape index (κ2) is 14.2. The number of hydrogen-bond acceptors (Lipinski definition) is 3. The first-order valence-corrected chi connectivity index (χ1v) is 17.0. The van der Waals surface area contributed by atoms with E-state index < -0.39 is 0 Å². The van der Waals surface area contributed by atoms with E-state index in [2.05, 4.69) is 120 Å². The van der Waals surface area contributed by atoms with Crippen molar-refractivity contribution in [3.63, 3.8) is 0 Å². The van der Waals surface area contributed by atoms with Gasteiger partial charge in [0.1, 0.15) is 5.82 Å². The van der Waals surface area contributed by atoms with E-state index in [9.17, 15) is 0 Å². The predicted molar refractivity (Wildman–Crippen MR) is 197 cm³/mol. The summed E-state index contributed by atoms with van der Waals surface area (Å²) in [5.41, 5.74) is 10.6. The molecule has 0 saturated carbocycles. The molecule has 250 valence electrons. The molecule has 4 aromatic carbocycles. The molecule has 0 aliphatic carbocycles. The SMILES string of the molecule is Cc1ccnc(-n2c3[c-]c(Oc4[c-]c(-n5cc(-c6c(C(C)C)ccc(CC(C)C)c6C(C)C)cn5)ccc4)ccc3c3ccccc32)c1.[Pt+2]. The van der Waals surface area contributed by atoms with Gasteiger partial charge < -0.3 is 9.30 Å². The fourth-order valence-electron chi connectivity index (χ4n) is 6.91. The maximum atomic E-state index is 6.42. The summed E-state index contributed by atoms with van der Waals surface area (Å²) in [7, 11) is 0. The van der Waals surface area contributed by atoms with E-state index in [0.717, 1.165) is 50.9 Å².